The van der Waals surface area contributed by atoms with Gasteiger partial charge in [-0.15, -0.1) is 12.4 Å². The second-order valence-electron chi connectivity index (χ2n) is 5.44. The molecule has 0 saturated heterocycles. The smallest absolute Gasteiger partial charge is 0.303 e. The Balaban J connectivity index is -0.000000502. The summed E-state index contributed by atoms with van der Waals surface area (Å²) in [4.78, 5) is 12.1. The number of carbonyl (C=O) groups is 1. The number of halogens is 2. The molecule has 0 fully saturated rings. The van der Waals surface area contributed by atoms with E-state index in [1.54, 1.807) is 24.3 Å². The van der Waals surface area contributed by atoms with Crippen molar-refractivity contribution in [3.63, 3.8) is 0 Å². The molecule has 0 bridgehead atoms. The van der Waals surface area contributed by atoms with Gasteiger partial charge in [-0.3, -0.25) is 13.9 Å². The average molecular weight is 397 g/mol. The molecule has 0 aromatic heterocycles. The summed E-state index contributed by atoms with van der Waals surface area (Å²) in [5.41, 5.74) is 0.574. The van der Waals surface area contributed by atoms with Gasteiger partial charge in [-0.05, 0) is 39.8 Å². The van der Waals surface area contributed by atoms with E-state index in [-0.39, 0.29) is 59.3 Å². The van der Waals surface area contributed by atoms with E-state index in [1.165, 1.54) is 0 Å². The molecule has 0 spiro atoms. The number of hydrogen-bond acceptors (Lipinski definition) is 4. The zero-order valence-electron chi connectivity index (χ0n) is 13.7. The number of nitrogens with one attached hydrogen (secondary N) is 1. The van der Waals surface area contributed by atoms with Gasteiger partial charge in [0.2, 0.25) is 0 Å². The molecule has 0 aliphatic rings. The molecule has 1 rings (SSSR count). The van der Waals surface area contributed by atoms with Crippen molar-refractivity contribution in [1.29, 1.82) is 0 Å². The Hall–Kier alpha value is 0.300. The van der Waals surface area contributed by atoms with Crippen LogP contribution in [0.25, 0.3) is 0 Å². The minimum absolute atomic E-state index is 0. The monoisotopic (exact) mass is 396 g/mol. The standard InChI is InChI=1S/C13H18ClNO.ClH.Na.H2O4S/c1-9(15-13(2,3)4)12(16)10-6-5-7-11(14)8-10;;;1-5(2,3)4/h5-9,15H,1-4H3;1H;;(H2,1,2,3,4). The Labute approximate surface area is 170 Å². The molecule has 6 nitrogen and oxygen atoms in total. The predicted octanol–water partition coefficient (Wildman–Crippen LogP) is 2.69. The van der Waals surface area contributed by atoms with Crippen LogP contribution >= 0.6 is 24.0 Å². The first-order valence-corrected chi connectivity index (χ1v) is 7.84. The second kappa shape index (κ2) is 11.8. The Morgan fingerprint density at radius 2 is 1.70 bits per heavy atom. The number of rotatable bonds is 3. The summed E-state index contributed by atoms with van der Waals surface area (Å²) < 4.78 is 31.6. The fourth-order valence-corrected chi connectivity index (χ4v) is 1.80. The van der Waals surface area contributed by atoms with Crippen molar-refractivity contribution in [2.45, 2.75) is 39.3 Å². The Bertz CT molecular complexity index is 582. The molecular weight excluding hydrogens is 376 g/mol. The molecule has 1 radical (unpaired) electrons. The van der Waals surface area contributed by atoms with Gasteiger partial charge in [0.25, 0.3) is 0 Å². The molecule has 1 aromatic carbocycles. The summed E-state index contributed by atoms with van der Waals surface area (Å²) in [5.74, 6) is 0.0671. The van der Waals surface area contributed by atoms with Crippen LogP contribution < -0.4 is 5.32 Å². The van der Waals surface area contributed by atoms with E-state index in [9.17, 15) is 4.79 Å². The minimum atomic E-state index is -4.67. The first kappa shape index (κ1) is 28.1. The molecule has 1 atom stereocenters. The van der Waals surface area contributed by atoms with Gasteiger partial charge in [-0.2, -0.15) is 8.42 Å². The maximum Gasteiger partial charge on any atom is 0.394 e. The summed E-state index contributed by atoms with van der Waals surface area (Å²) in [6.07, 6.45) is 0. The summed E-state index contributed by atoms with van der Waals surface area (Å²) >= 11 is 5.85. The summed E-state index contributed by atoms with van der Waals surface area (Å²) in [7, 11) is -4.67. The molecule has 0 amide bonds. The maximum absolute atomic E-state index is 12.1. The normalized spacial score (nSPS) is 12.0. The number of ketones is 1. The Kier molecular flexibility index (Phi) is 14.4. The van der Waals surface area contributed by atoms with Gasteiger partial charge in [0.1, 0.15) is 0 Å². The van der Waals surface area contributed by atoms with Crippen LogP contribution in [0.15, 0.2) is 24.3 Å². The minimum Gasteiger partial charge on any atom is -0.303 e. The van der Waals surface area contributed by atoms with Crippen LogP contribution in [0.4, 0.5) is 0 Å². The van der Waals surface area contributed by atoms with Crippen molar-refractivity contribution in [1.82, 2.24) is 5.32 Å². The van der Waals surface area contributed by atoms with Crippen LogP contribution in [0.1, 0.15) is 38.1 Å². The van der Waals surface area contributed by atoms with E-state index in [4.69, 9.17) is 29.1 Å². The zero-order valence-corrected chi connectivity index (χ0v) is 18.1. The molecule has 129 valence electrons. The fraction of sp³-hybridized carbons (Fsp3) is 0.462. The number of Topliss-reactive ketones (excluding diaryl/α,β-unsaturated/α-hetero) is 1. The Morgan fingerprint density at radius 3 is 2.04 bits per heavy atom. The molecule has 0 aliphatic heterocycles. The van der Waals surface area contributed by atoms with Crippen LogP contribution in [0, 0.1) is 0 Å². The topological polar surface area (TPSA) is 104 Å². The SMILES string of the molecule is CC(NC(C)(C)C)C(=O)c1cccc(Cl)c1.Cl.O=S(=O)(O)O.[Na]. The van der Waals surface area contributed by atoms with Gasteiger partial charge in [0, 0.05) is 45.7 Å². The third-order valence-electron chi connectivity index (χ3n) is 2.15. The quantitative estimate of drug-likeness (QED) is 0.412. The van der Waals surface area contributed by atoms with Crippen molar-refractivity contribution >= 4 is 69.7 Å². The zero-order chi connectivity index (χ0) is 16.8. The third kappa shape index (κ3) is 16.9. The fourth-order valence-electron chi connectivity index (χ4n) is 1.61. The van der Waals surface area contributed by atoms with E-state index in [2.05, 4.69) is 5.32 Å². The number of carbonyl (C=O) groups excluding carboxylic acids is 1. The van der Waals surface area contributed by atoms with E-state index >= 15 is 0 Å². The van der Waals surface area contributed by atoms with E-state index in [1.807, 2.05) is 27.7 Å². The predicted molar refractivity (Wildman–Crippen MR) is 95.3 cm³/mol. The van der Waals surface area contributed by atoms with Gasteiger partial charge in [-0.25, -0.2) is 0 Å². The van der Waals surface area contributed by atoms with Gasteiger partial charge in [-0.1, -0.05) is 23.7 Å². The number of hydrogen-bond donors (Lipinski definition) is 3. The molecule has 10 heteroatoms. The molecule has 0 heterocycles. The van der Waals surface area contributed by atoms with Crippen LogP contribution in [-0.4, -0.2) is 64.4 Å². The van der Waals surface area contributed by atoms with Crippen molar-refractivity contribution in [2.75, 3.05) is 0 Å². The van der Waals surface area contributed by atoms with Gasteiger partial charge >= 0.3 is 10.4 Å². The maximum atomic E-state index is 12.1. The molecule has 0 saturated carbocycles. The summed E-state index contributed by atoms with van der Waals surface area (Å²) in [6.45, 7) is 7.98. The van der Waals surface area contributed by atoms with Crippen molar-refractivity contribution in [2.24, 2.45) is 0 Å². The molecule has 23 heavy (non-hydrogen) atoms. The first-order chi connectivity index (χ1) is 9.29. The van der Waals surface area contributed by atoms with Crippen LogP contribution in [0.2, 0.25) is 5.02 Å². The summed E-state index contributed by atoms with van der Waals surface area (Å²) in [6, 6.07) is 6.83. The number of benzene rings is 1. The Morgan fingerprint density at radius 1 is 1.26 bits per heavy atom. The largest absolute Gasteiger partial charge is 0.394 e. The van der Waals surface area contributed by atoms with E-state index in [0.29, 0.717) is 10.6 Å². The first-order valence-electron chi connectivity index (χ1n) is 6.07. The third-order valence-corrected chi connectivity index (χ3v) is 2.39. The molecular formula is C13H21Cl2NNaO5S. The average Bonchev–Trinajstić information content (AvgIpc) is 2.23. The summed E-state index contributed by atoms with van der Waals surface area (Å²) in [5, 5.41) is 3.84. The van der Waals surface area contributed by atoms with Crippen molar-refractivity contribution in [3.05, 3.63) is 34.9 Å². The van der Waals surface area contributed by atoms with Gasteiger partial charge < -0.3 is 5.32 Å². The van der Waals surface area contributed by atoms with Gasteiger partial charge in [0.05, 0.1) is 6.04 Å². The van der Waals surface area contributed by atoms with Gasteiger partial charge in [0.15, 0.2) is 5.78 Å². The van der Waals surface area contributed by atoms with E-state index < -0.39 is 10.4 Å². The molecule has 1 aromatic rings. The van der Waals surface area contributed by atoms with Crippen molar-refractivity contribution < 1.29 is 22.3 Å². The molecule has 0 aliphatic carbocycles. The second-order valence-corrected chi connectivity index (χ2v) is 6.77. The van der Waals surface area contributed by atoms with Crippen LogP contribution in [0.5, 0.6) is 0 Å². The molecule has 3 N–H and O–H groups in total. The van der Waals surface area contributed by atoms with E-state index in [0.717, 1.165) is 0 Å². The van der Waals surface area contributed by atoms with Crippen LogP contribution in [-0.2, 0) is 10.4 Å². The van der Waals surface area contributed by atoms with Crippen LogP contribution in [0.3, 0.4) is 0 Å². The van der Waals surface area contributed by atoms with Crippen molar-refractivity contribution in [3.8, 4) is 0 Å². The molecule has 1 unspecified atom stereocenters.